The van der Waals surface area contributed by atoms with Crippen molar-refractivity contribution in [3.05, 3.63) is 23.8 Å². The van der Waals surface area contributed by atoms with Gasteiger partial charge in [0.2, 0.25) is 0 Å². The van der Waals surface area contributed by atoms with Crippen LogP contribution in [-0.2, 0) is 9.53 Å². The summed E-state index contributed by atoms with van der Waals surface area (Å²) in [5.74, 6) is 4.64. The van der Waals surface area contributed by atoms with Gasteiger partial charge in [0.15, 0.2) is 5.13 Å². The number of benzene rings is 1. The minimum Gasteiger partial charge on any atom is -0.456 e. The number of hydrogen-bond donors (Lipinski definition) is 1. The molecule has 0 aliphatic heterocycles. The summed E-state index contributed by atoms with van der Waals surface area (Å²) in [7, 11) is 0. The molecule has 86 valence electrons. The van der Waals surface area contributed by atoms with Gasteiger partial charge in [-0.25, -0.2) is 9.78 Å². The van der Waals surface area contributed by atoms with Gasteiger partial charge in [0.1, 0.15) is 0 Å². The highest BCUT2D eigenvalue weighted by Gasteiger charge is 2.01. The topological polar surface area (TPSA) is 65.2 Å². The van der Waals surface area contributed by atoms with Crippen LogP contribution in [0.15, 0.2) is 18.2 Å². The van der Waals surface area contributed by atoms with Crippen LogP contribution in [0.25, 0.3) is 10.2 Å². The maximum Gasteiger partial charge on any atom is 0.384 e. The van der Waals surface area contributed by atoms with Crippen LogP contribution >= 0.6 is 11.3 Å². The van der Waals surface area contributed by atoms with Gasteiger partial charge in [-0.05, 0) is 25.1 Å². The highest BCUT2D eigenvalue weighted by molar-refractivity contribution is 7.22. The van der Waals surface area contributed by atoms with Gasteiger partial charge in [-0.1, -0.05) is 17.3 Å². The quantitative estimate of drug-likeness (QED) is 0.615. The predicted octanol–water partition coefficient (Wildman–Crippen LogP) is 1.79. The lowest BCUT2D eigenvalue weighted by atomic mass is 10.2. The largest absolute Gasteiger partial charge is 0.456 e. The van der Waals surface area contributed by atoms with E-state index in [2.05, 4.69) is 16.8 Å². The molecular weight excluding hydrogens is 236 g/mol. The number of carbonyl (C=O) groups is 1. The lowest BCUT2D eigenvalue weighted by Gasteiger charge is -1.92. The zero-order valence-corrected chi connectivity index (χ0v) is 10.0. The highest BCUT2D eigenvalue weighted by atomic mass is 32.1. The molecule has 0 radical (unpaired) electrons. The van der Waals surface area contributed by atoms with Crippen molar-refractivity contribution in [2.75, 3.05) is 12.3 Å². The molecule has 2 aromatic rings. The van der Waals surface area contributed by atoms with Crippen LogP contribution in [0, 0.1) is 11.8 Å². The molecule has 0 aliphatic rings. The van der Waals surface area contributed by atoms with Gasteiger partial charge in [0.25, 0.3) is 0 Å². The third-order valence-corrected chi connectivity index (χ3v) is 2.84. The number of aromatic nitrogens is 1. The second kappa shape index (κ2) is 4.85. The zero-order valence-electron chi connectivity index (χ0n) is 9.19. The van der Waals surface area contributed by atoms with Crippen LogP contribution in [0.1, 0.15) is 12.5 Å². The van der Waals surface area contributed by atoms with Crippen LogP contribution in [0.2, 0.25) is 0 Å². The Morgan fingerprint density at radius 1 is 1.59 bits per heavy atom. The van der Waals surface area contributed by atoms with E-state index in [1.165, 1.54) is 11.3 Å². The van der Waals surface area contributed by atoms with E-state index in [1.54, 1.807) is 13.0 Å². The third-order valence-electron chi connectivity index (χ3n) is 1.99. The normalized spacial score (nSPS) is 9.71. The fourth-order valence-electron chi connectivity index (χ4n) is 1.31. The number of anilines is 1. The Kier molecular flexibility index (Phi) is 3.26. The Hall–Kier alpha value is -2.06. The van der Waals surface area contributed by atoms with E-state index in [0.717, 1.165) is 15.8 Å². The highest BCUT2D eigenvalue weighted by Crippen LogP contribution is 2.24. The van der Waals surface area contributed by atoms with Gasteiger partial charge in [0.05, 0.1) is 16.8 Å². The second-order valence-electron chi connectivity index (χ2n) is 3.21. The summed E-state index contributed by atoms with van der Waals surface area (Å²) in [6.07, 6.45) is 0. The van der Waals surface area contributed by atoms with Crippen molar-refractivity contribution in [1.29, 1.82) is 0 Å². The Bertz CT molecular complexity index is 622. The van der Waals surface area contributed by atoms with Crippen molar-refractivity contribution in [1.82, 2.24) is 4.98 Å². The molecule has 0 spiro atoms. The molecule has 2 N–H and O–H groups in total. The molecule has 5 heteroatoms. The van der Waals surface area contributed by atoms with E-state index in [1.807, 2.05) is 12.1 Å². The van der Waals surface area contributed by atoms with Gasteiger partial charge >= 0.3 is 5.97 Å². The van der Waals surface area contributed by atoms with E-state index in [0.29, 0.717) is 11.7 Å². The third kappa shape index (κ3) is 2.74. The number of rotatable bonds is 1. The molecule has 0 atom stereocenters. The lowest BCUT2D eigenvalue weighted by Crippen LogP contribution is -1.99. The summed E-state index contributed by atoms with van der Waals surface area (Å²) in [4.78, 5) is 15.2. The smallest absolute Gasteiger partial charge is 0.384 e. The SMILES string of the molecule is CCOC(=O)C#Cc1ccc2nc(N)sc2c1. The summed E-state index contributed by atoms with van der Waals surface area (Å²) >= 11 is 1.39. The summed E-state index contributed by atoms with van der Waals surface area (Å²) in [5, 5.41) is 0.524. The molecule has 0 fully saturated rings. The first-order valence-corrected chi connectivity index (χ1v) is 5.85. The van der Waals surface area contributed by atoms with Gasteiger partial charge < -0.3 is 10.5 Å². The van der Waals surface area contributed by atoms with Gasteiger partial charge in [-0.2, -0.15) is 0 Å². The molecule has 0 saturated carbocycles. The first-order valence-electron chi connectivity index (χ1n) is 5.04. The zero-order chi connectivity index (χ0) is 12.3. The standard InChI is InChI=1S/C12H10N2O2S/c1-2-16-11(15)6-4-8-3-5-9-10(7-8)17-12(13)14-9/h3,5,7H,2H2,1H3,(H2,13,14). The molecule has 0 bridgehead atoms. The van der Waals surface area contributed by atoms with Crippen LogP contribution in [0.5, 0.6) is 0 Å². The molecule has 2 rings (SSSR count). The van der Waals surface area contributed by atoms with Crippen LogP contribution in [-0.4, -0.2) is 17.6 Å². The minimum atomic E-state index is -0.517. The van der Waals surface area contributed by atoms with Crippen molar-refractivity contribution in [2.24, 2.45) is 0 Å². The number of nitrogens with zero attached hydrogens (tertiary/aromatic N) is 1. The van der Waals surface area contributed by atoms with Crippen molar-refractivity contribution in [2.45, 2.75) is 6.92 Å². The maximum absolute atomic E-state index is 11.1. The Morgan fingerprint density at radius 2 is 2.41 bits per heavy atom. The van der Waals surface area contributed by atoms with E-state index in [-0.39, 0.29) is 0 Å². The van der Waals surface area contributed by atoms with Gasteiger partial charge in [-0.3, -0.25) is 0 Å². The van der Waals surface area contributed by atoms with Crippen LogP contribution in [0.3, 0.4) is 0 Å². The summed E-state index contributed by atoms with van der Waals surface area (Å²) < 4.78 is 5.67. The molecule has 1 aromatic heterocycles. The van der Waals surface area contributed by atoms with Crippen LogP contribution in [0.4, 0.5) is 5.13 Å². The molecular formula is C12H10N2O2S. The van der Waals surface area contributed by atoms with Crippen molar-refractivity contribution in [3.8, 4) is 11.8 Å². The molecule has 17 heavy (non-hydrogen) atoms. The number of fused-ring (bicyclic) bond motifs is 1. The molecule has 0 amide bonds. The molecule has 1 aromatic carbocycles. The number of ether oxygens (including phenoxy) is 1. The Balaban J connectivity index is 2.27. The first-order chi connectivity index (χ1) is 8.19. The number of nitrogen functional groups attached to an aromatic ring is 1. The maximum atomic E-state index is 11.1. The summed E-state index contributed by atoms with van der Waals surface area (Å²) in [5.41, 5.74) is 7.19. The fourth-order valence-corrected chi connectivity index (χ4v) is 2.08. The predicted molar refractivity (Wildman–Crippen MR) is 67.5 cm³/mol. The minimum absolute atomic E-state index is 0.331. The first kappa shape index (κ1) is 11.4. The molecule has 0 aliphatic carbocycles. The second-order valence-corrected chi connectivity index (χ2v) is 4.27. The number of nitrogens with two attached hydrogens (primary N) is 1. The summed E-state index contributed by atoms with van der Waals surface area (Å²) in [6, 6.07) is 5.49. The molecule has 1 heterocycles. The number of carbonyl (C=O) groups excluding carboxylic acids is 1. The van der Waals surface area contributed by atoms with E-state index in [4.69, 9.17) is 10.5 Å². The number of esters is 1. The van der Waals surface area contributed by atoms with Crippen LogP contribution < -0.4 is 5.73 Å². The fraction of sp³-hybridized carbons (Fsp3) is 0.167. The average molecular weight is 246 g/mol. The van der Waals surface area contributed by atoms with Crippen molar-refractivity contribution in [3.63, 3.8) is 0 Å². The monoisotopic (exact) mass is 246 g/mol. The molecule has 4 nitrogen and oxygen atoms in total. The van der Waals surface area contributed by atoms with Gasteiger partial charge in [0, 0.05) is 11.5 Å². The Labute approximate surface area is 102 Å². The van der Waals surface area contributed by atoms with Crippen molar-refractivity contribution >= 4 is 32.7 Å². The average Bonchev–Trinajstić information content (AvgIpc) is 2.66. The number of hydrogen-bond acceptors (Lipinski definition) is 5. The van der Waals surface area contributed by atoms with E-state index >= 15 is 0 Å². The summed E-state index contributed by atoms with van der Waals surface area (Å²) in [6.45, 7) is 2.07. The van der Waals surface area contributed by atoms with E-state index < -0.39 is 5.97 Å². The molecule has 0 unspecified atom stereocenters. The molecule has 0 saturated heterocycles. The number of thiazole rings is 1. The van der Waals surface area contributed by atoms with Gasteiger partial charge in [-0.15, -0.1) is 0 Å². The Morgan fingerprint density at radius 3 is 3.18 bits per heavy atom. The lowest BCUT2D eigenvalue weighted by molar-refractivity contribution is -0.136. The van der Waals surface area contributed by atoms with E-state index in [9.17, 15) is 4.79 Å². The van der Waals surface area contributed by atoms with Crippen molar-refractivity contribution < 1.29 is 9.53 Å².